The molecule has 0 amide bonds. The van der Waals surface area contributed by atoms with E-state index in [2.05, 4.69) is 22.6 Å². The molecule has 1 heterocycles. The molecule has 1 aromatic rings. The van der Waals surface area contributed by atoms with Gasteiger partial charge in [0, 0.05) is 0 Å². The molecule has 0 aliphatic heterocycles. The molecule has 0 unspecified atom stereocenters. The Labute approximate surface area is 62.7 Å². The zero-order valence-electron chi connectivity index (χ0n) is 4.34. The van der Waals surface area contributed by atoms with Crippen LogP contribution >= 0.6 is 11.6 Å². The summed E-state index contributed by atoms with van der Waals surface area (Å²) in [5.74, 6) is 0. The predicted molar refractivity (Wildman–Crippen MR) is 37.1 cm³/mol. The van der Waals surface area contributed by atoms with E-state index < -0.39 is 0 Å². The molecule has 1 aromatic heterocycles. The predicted octanol–water partition coefficient (Wildman–Crippen LogP) is 0.618. The highest BCUT2D eigenvalue weighted by molar-refractivity contribution is 7.58. The average molecular weight is 161 g/mol. The third kappa shape index (κ3) is 1.20. The van der Waals surface area contributed by atoms with Crippen LogP contribution in [0, 0.1) is 0 Å². The maximum absolute atomic E-state index is 5.47. The highest BCUT2D eigenvalue weighted by Gasteiger charge is 1.93. The molecule has 0 bridgehead atoms. The fraction of sp³-hybridized carbons (Fsp3) is 0. The first-order valence-electron chi connectivity index (χ1n) is 2.15. The van der Waals surface area contributed by atoms with E-state index in [1.165, 1.54) is 6.33 Å². The molecule has 48 valence electrons. The van der Waals surface area contributed by atoms with Crippen molar-refractivity contribution in [1.29, 1.82) is 0 Å². The second-order valence-electron chi connectivity index (χ2n) is 1.38. The minimum atomic E-state index is 0.218. The standard InChI is InChI=1S/C4H4ClN3S/c5-3-2(6)4(9)8-1-7-3/h1H,6H2,(H,7,8,9)/p-1. The molecular weight excluding hydrogens is 158 g/mol. The van der Waals surface area contributed by atoms with E-state index in [0.717, 1.165) is 0 Å². The van der Waals surface area contributed by atoms with Crippen molar-refractivity contribution in [3.05, 3.63) is 11.5 Å². The molecule has 2 N–H and O–H groups in total. The van der Waals surface area contributed by atoms with Gasteiger partial charge in [-0.3, -0.25) is 4.98 Å². The van der Waals surface area contributed by atoms with E-state index in [-0.39, 0.29) is 10.8 Å². The summed E-state index contributed by atoms with van der Waals surface area (Å²) in [6.07, 6.45) is 1.28. The zero-order valence-corrected chi connectivity index (χ0v) is 5.91. The van der Waals surface area contributed by atoms with Gasteiger partial charge in [-0.15, -0.1) is 0 Å². The number of rotatable bonds is 0. The van der Waals surface area contributed by atoms with Gasteiger partial charge in [0.25, 0.3) is 0 Å². The lowest BCUT2D eigenvalue weighted by Crippen LogP contribution is -1.94. The molecule has 0 saturated heterocycles. The minimum Gasteiger partial charge on any atom is -0.758 e. The van der Waals surface area contributed by atoms with Crippen molar-refractivity contribution in [2.45, 2.75) is 5.03 Å². The monoisotopic (exact) mass is 160 g/mol. The summed E-state index contributed by atoms with van der Waals surface area (Å²) in [4.78, 5) is 7.24. The third-order valence-electron chi connectivity index (χ3n) is 0.799. The Bertz CT molecular complexity index is 207. The molecule has 0 aliphatic rings. The van der Waals surface area contributed by atoms with Gasteiger partial charge < -0.3 is 18.4 Å². The van der Waals surface area contributed by atoms with Crippen molar-refractivity contribution in [2.75, 3.05) is 5.73 Å². The Hall–Kier alpha value is -0.610. The van der Waals surface area contributed by atoms with E-state index in [4.69, 9.17) is 17.3 Å². The van der Waals surface area contributed by atoms with Crippen molar-refractivity contribution < 1.29 is 0 Å². The number of nitrogen functional groups attached to an aromatic ring is 1. The van der Waals surface area contributed by atoms with Gasteiger partial charge in [-0.25, -0.2) is 4.98 Å². The number of halogens is 1. The van der Waals surface area contributed by atoms with Crippen molar-refractivity contribution in [3.8, 4) is 0 Å². The molecule has 5 heteroatoms. The van der Waals surface area contributed by atoms with Gasteiger partial charge in [0.05, 0.1) is 5.69 Å². The van der Waals surface area contributed by atoms with E-state index in [0.29, 0.717) is 5.03 Å². The summed E-state index contributed by atoms with van der Waals surface area (Å²) in [5, 5.41) is 0.519. The Kier molecular flexibility index (Phi) is 1.68. The molecular formula is C4H3ClN3S-. The lowest BCUT2D eigenvalue weighted by atomic mass is 10.6. The van der Waals surface area contributed by atoms with Gasteiger partial charge in [0.15, 0.2) is 5.15 Å². The van der Waals surface area contributed by atoms with Crippen LogP contribution in [0.2, 0.25) is 5.15 Å². The van der Waals surface area contributed by atoms with E-state index in [1.54, 1.807) is 0 Å². The van der Waals surface area contributed by atoms with Crippen LogP contribution in [-0.4, -0.2) is 9.97 Å². The van der Waals surface area contributed by atoms with E-state index in [1.807, 2.05) is 0 Å². The molecule has 0 atom stereocenters. The first-order chi connectivity index (χ1) is 4.22. The number of nitrogens with two attached hydrogens (primary N) is 1. The van der Waals surface area contributed by atoms with Gasteiger partial charge in [-0.05, 0) is 0 Å². The SMILES string of the molecule is Nc1c([S-])ncnc1Cl. The molecule has 0 saturated carbocycles. The molecule has 3 nitrogen and oxygen atoms in total. The molecule has 0 aliphatic carbocycles. The maximum Gasteiger partial charge on any atom is 0.153 e. The quantitative estimate of drug-likeness (QED) is 0.447. The first kappa shape index (κ1) is 6.51. The fourth-order valence-corrected chi connectivity index (χ4v) is 0.692. The van der Waals surface area contributed by atoms with Crippen LogP contribution in [0.25, 0.3) is 0 Å². The summed E-state index contributed by atoms with van der Waals surface area (Å²) in [6, 6.07) is 0. The van der Waals surface area contributed by atoms with E-state index in [9.17, 15) is 0 Å². The molecule has 0 radical (unpaired) electrons. The molecule has 0 fully saturated rings. The largest absolute Gasteiger partial charge is 0.758 e. The normalized spacial score (nSPS) is 9.44. The third-order valence-corrected chi connectivity index (χ3v) is 1.43. The molecule has 1 rings (SSSR count). The zero-order chi connectivity index (χ0) is 6.85. The minimum absolute atomic E-state index is 0.218. The smallest absolute Gasteiger partial charge is 0.153 e. The van der Waals surface area contributed by atoms with Crippen molar-refractivity contribution in [1.82, 2.24) is 9.97 Å². The van der Waals surface area contributed by atoms with Crippen molar-refractivity contribution in [3.63, 3.8) is 0 Å². The highest BCUT2D eigenvalue weighted by atomic mass is 35.5. The number of nitrogens with zero attached hydrogens (tertiary/aromatic N) is 2. The van der Waals surface area contributed by atoms with Crippen LogP contribution in [0.4, 0.5) is 5.69 Å². The summed E-state index contributed by atoms with van der Waals surface area (Å²) >= 11 is 10.2. The lowest BCUT2D eigenvalue weighted by molar-refractivity contribution is 1.06. The van der Waals surface area contributed by atoms with Crippen LogP contribution < -0.4 is 5.73 Å². The van der Waals surface area contributed by atoms with Crippen LogP contribution in [0.5, 0.6) is 0 Å². The Morgan fingerprint density at radius 2 is 2.22 bits per heavy atom. The molecule has 0 aromatic carbocycles. The van der Waals surface area contributed by atoms with Gasteiger partial charge in [0.2, 0.25) is 0 Å². The Morgan fingerprint density at radius 3 is 2.67 bits per heavy atom. The van der Waals surface area contributed by atoms with Gasteiger partial charge in [0.1, 0.15) is 6.33 Å². The summed E-state index contributed by atoms with van der Waals surface area (Å²) in [5.41, 5.74) is 5.59. The van der Waals surface area contributed by atoms with Gasteiger partial charge in [-0.1, -0.05) is 16.6 Å². The second-order valence-corrected chi connectivity index (χ2v) is 2.13. The van der Waals surface area contributed by atoms with Crippen molar-refractivity contribution in [2.24, 2.45) is 0 Å². The van der Waals surface area contributed by atoms with E-state index >= 15 is 0 Å². The number of hydrogen-bond donors (Lipinski definition) is 1. The average Bonchev–Trinajstić information content (AvgIpc) is 1.83. The second kappa shape index (κ2) is 2.33. The Morgan fingerprint density at radius 1 is 1.56 bits per heavy atom. The number of hydrogen-bond acceptors (Lipinski definition) is 4. The number of aromatic nitrogens is 2. The first-order valence-corrected chi connectivity index (χ1v) is 2.93. The van der Waals surface area contributed by atoms with Gasteiger partial charge >= 0.3 is 0 Å². The lowest BCUT2D eigenvalue weighted by Gasteiger charge is -2.06. The van der Waals surface area contributed by atoms with Crippen LogP contribution in [-0.2, 0) is 12.6 Å². The number of anilines is 1. The van der Waals surface area contributed by atoms with Crippen LogP contribution in [0.1, 0.15) is 0 Å². The van der Waals surface area contributed by atoms with Gasteiger partial charge in [-0.2, -0.15) is 0 Å². The molecule has 0 spiro atoms. The Balaban J connectivity index is 3.25. The van der Waals surface area contributed by atoms with Crippen LogP contribution in [0.3, 0.4) is 0 Å². The highest BCUT2D eigenvalue weighted by Crippen LogP contribution is 2.15. The summed E-state index contributed by atoms with van der Waals surface area (Å²) in [7, 11) is 0. The van der Waals surface area contributed by atoms with Crippen molar-refractivity contribution >= 4 is 29.9 Å². The molecule has 9 heavy (non-hydrogen) atoms. The summed E-state index contributed by atoms with van der Waals surface area (Å²) in [6.45, 7) is 0. The summed E-state index contributed by atoms with van der Waals surface area (Å²) < 4.78 is 0. The topological polar surface area (TPSA) is 51.8 Å². The fourth-order valence-electron chi connectivity index (χ4n) is 0.359. The van der Waals surface area contributed by atoms with Crippen LogP contribution in [0.15, 0.2) is 11.4 Å². The maximum atomic E-state index is 5.47.